The van der Waals surface area contributed by atoms with Gasteiger partial charge in [-0.25, -0.2) is 0 Å². The van der Waals surface area contributed by atoms with Gasteiger partial charge < -0.3 is 10.2 Å². The first-order chi connectivity index (χ1) is 9.97. The number of nitrogens with one attached hydrogen (secondary N) is 1. The Morgan fingerprint density at radius 3 is 2.48 bits per heavy atom. The Labute approximate surface area is 122 Å². The number of rotatable bonds is 2. The summed E-state index contributed by atoms with van der Waals surface area (Å²) in [6.07, 6.45) is 0. The predicted molar refractivity (Wildman–Crippen MR) is 81.3 cm³/mol. The fourth-order valence-corrected chi connectivity index (χ4v) is 2.54. The van der Waals surface area contributed by atoms with Crippen LogP contribution in [-0.4, -0.2) is 5.78 Å². The lowest BCUT2D eigenvalue weighted by atomic mass is 10.1. The van der Waals surface area contributed by atoms with E-state index in [0.29, 0.717) is 17.0 Å². The number of hydrogen-bond acceptors (Lipinski definition) is 3. The number of aromatic nitrogens is 1. The highest BCUT2D eigenvalue weighted by Gasteiger charge is 2.24. The quantitative estimate of drug-likeness (QED) is 0.734. The highest BCUT2D eigenvalue weighted by Crippen LogP contribution is 2.30. The van der Waals surface area contributed by atoms with E-state index in [1.165, 1.54) is 0 Å². The normalized spacial score (nSPS) is 11.0. The number of aromatic amines is 1. The zero-order chi connectivity index (χ0) is 15.1. The molecule has 3 N–H and O–H groups in total. The van der Waals surface area contributed by atoms with Crippen LogP contribution >= 0.6 is 0 Å². The van der Waals surface area contributed by atoms with Gasteiger partial charge in [-0.05, 0) is 19.4 Å². The van der Waals surface area contributed by atoms with Gasteiger partial charge >= 0.3 is 5.71 Å². The molecule has 0 atom stereocenters. The molecule has 2 heterocycles. The average molecular weight is 281 g/mol. The van der Waals surface area contributed by atoms with Crippen molar-refractivity contribution < 1.29 is 14.2 Å². The van der Waals surface area contributed by atoms with Crippen LogP contribution in [0.3, 0.4) is 0 Å². The van der Waals surface area contributed by atoms with Crippen LogP contribution in [0.15, 0.2) is 34.7 Å². The highest BCUT2D eigenvalue weighted by molar-refractivity contribution is 6.14. The third-order valence-corrected chi connectivity index (χ3v) is 3.60. The number of anilines is 1. The molecule has 0 saturated carbocycles. The maximum Gasteiger partial charge on any atom is 0.382 e. The highest BCUT2D eigenvalue weighted by atomic mass is 16.4. The Morgan fingerprint density at radius 2 is 1.81 bits per heavy atom. The second-order valence-corrected chi connectivity index (χ2v) is 5.38. The van der Waals surface area contributed by atoms with E-state index in [2.05, 4.69) is 4.98 Å². The summed E-state index contributed by atoms with van der Waals surface area (Å²) in [5.41, 5.74) is 10.7. The fraction of sp³-hybridized carbons (Fsp3) is 0.176. The lowest BCUT2D eigenvalue weighted by Crippen LogP contribution is -2.07. The summed E-state index contributed by atoms with van der Waals surface area (Å²) in [7, 11) is 0. The summed E-state index contributed by atoms with van der Waals surface area (Å²) in [5.74, 6) is -0.00652. The molecule has 2 aromatic heterocycles. The first-order valence-electron chi connectivity index (χ1n) is 6.80. The summed E-state index contributed by atoms with van der Waals surface area (Å²) in [4.78, 5) is 15.7. The SMILES string of the molecule is Cc1ccc(C(=O)c2oc3[nH+]c(C)cc(C)c3c2N)cc1. The zero-order valence-electron chi connectivity index (χ0n) is 12.3. The summed E-state index contributed by atoms with van der Waals surface area (Å²) in [5, 5.41) is 0.774. The molecule has 0 fully saturated rings. The second kappa shape index (κ2) is 4.74. The van der Waals surface area contributed by atoms with Crippen molar-refractivity contribution in [1.82, 2.24) is 0 Å². The molecule has 0 radical (unpaired) electrons. The molecule has 106 valence electrons. The van der Waals surface area contributed by atoms with Crippen LogP contribution < -0.4 is 10.7 Å². The van der Waals surface area contributed by atoms with Gasteiger partial charge in [-0.3, -0.25) is 4.79 Å². The monoisotopic (exact) mass is 281 g/mol. The van der Waals surface area contributed by atoms with E-state index in [9.17, 15) is 4.79 Å². The third kappa shape index (κ3) is 2.18. The van der Waals surface area contributed by atoms with Crippen molar-refractivity contribution >= 4 is 22.6 Å². The minimum Gasteiger partial charge on any atom is -0.398 e. The third-order valence-electron chi connectivity index (χ3n) is 3.60. The summed E-state index contributed by atoms with van der Waals surface area (Å²) < 4.78 is 5.68. The Balaban J connectivity index is 2.16. The van der Waals surface area contributed by atoms with Crippen molar-refractivity contribution in [3.05, 3.63) is 58.5 Å². The van der Waals surface area contributed by atoms with Crippen LogP contribution in [0.5, 0.6) is 0 Å². The van der Waals surface area contributed by atoms with E-state index in [0.717, 1.165) is 22.2 Å². The van der Waals surface area contributed by atoms with Crippen molar-refractivity contribution in [3.8, 4) is 0 Å². The molecule has 4 heteroatoms. The molecular weight excluding hydrogens is 264 g/mol. The topological polar surface area (TPSA) is 70.4 Å². The number of fused-ring (bicyclic) bond motifs is 1. The van der Waals surface area contributed by atoms with E-state index in [4.69, 9.17) is 10.2 Å². The Bertz CT molecular complexity index is 845. The number of furan rings is 1. The molecule has 21 heavy (non-hydrogen) atoms. The molecule has 3 aromatic rings. The number of carbonyl (C=O) groups is 1. The molecular formula is C17H17N2O2+. The van der Waals surface area contributed by atoms with Gasteiger partial charge in [0.1, 0.15) is 5.39 Å². The van der Waals surface area contributed by atoms with Gasteiger partial charge in [0.2, 0.25) is 11.5 Å². The average Bonchev–Trinajstić information content (AvgIpc) is 2.76. The number of ketones is 1. The van der Waals surface area contributed by atoms with Gasteiger partial charge in [-0.2, -0.15) is 4.98 Å². The number of hydrogen-bond donors (Lipinski definition) is 1. The van der Waals surface area contributed by atoms with Gasteiger partial charge in [0, 0.05) is 18.6 Å². The minimum absolute atomic E-state index is 0.193. The molecule has 0 saturated heterocycles. The van der Waals surface area contributed by atoms with Gasteiger partial charge in [0.15, 0.2) is 5.69 Å². The fourth-order valence-electron chi connectivity index (χ4n) is 2.54. The van der Waals surface area contributed by atoms with Crippen molar-refractivity contribution in [3.63, 3.8) is 0 Å². The minimum atomic E-state index is -0.200. The number of H-pyrrole nitrogens is 1. The number of benzene rings is 1. The summed E-state index contributed by atoms with van der Waals surface area (Å²) >= 11 is 0. The molecule has 4 nitrogen and oxygen atoms in total. The second-order valence-electron chi connectivity index (χ2n) is 5.38. The van der Waals surface area contributed by atoms with E-state index < -0.39 is 0 Å². The summed E-state index contributed by atoms with van der Waals surface area (Å²) in [6.45, 7) is 5.87. The van der Waals surface area contributed by atoms with Gasteiger partial charge in [-0.1, -0.05) is 29.8 Å². The van der Waals surface area contributed by atoms with E-state index in [1.54, 1.807) is 12.1 Å². The van der Waals surface area contributed by atoms with Gasteiger partial charge in [-0.15, -0.1) is 0 Å². The van der Waals surface area contributed by atoms with Crippen molar-refractivity contribution in [2.45, 2.75) is 20.8 Å². The maximum atomic E-state index is 12.6. The Morgan fingerprint density at radius 1 is 1.14 bits per heavy atom. The van der Waals surface area contributed by atoms with E-state index in [1.807, 2.05) is 39.0 Å². The Hall–Kier alpha value is -2.62. The molecule has 0 bridgehead atoms. The predicted octanol–water partition coefficient (Wildman–Crippen LogP) is 2.99. The van der Waals surface area contributed by atoms with Crippen LogP contribution in [0.1, 0.15) is 32.9 Å². The van der Waals surface area contributed by atoms with E-state index in [-0.39, 0.29) is 11.5 Å². The smallest absolute Gasteiger partial charge is 0.382 e. The van der Waals surface area contributed by atoms with Crippen molar-refractivity contribution in [1.29, 1.82) is 0 Å². The number of carbonyl (C=O) groups excluding carboxylic acids is 1. The van der Waals surface area contributed by atoms with Crippen LogP contribution in [0, 0.1) is 20.8 Å². The lowest BCUT2D eigenvalue weighted by molar-refractivity contribution is -0.366. The van der Waals surface area contributed by atoms with Crippen LogP contribution in [0.2, 0.25) is 0 Å². The molecule has 0 aliphatic carbocycles. The number of nitrogens with two attached hydrogens (primary N) is 1. The lowest BCUT2D eigenvalue weighted by Gasteiger charge is -1.99. The first-order valence-corrected chi connectivity index (χ1v) is 6.80. The van der Waals surface area contributed by atoms with Gasteiger partial charge in [0.25, 0.3) is 0 Å². The maximum absolute atomic E-state index is 12.6. The van der Waals surface area contributed by atoms with Crippen LogP contribution in [0.25, 0.3) is 11.1 Å². The number of pyridine rings is 1. The molecule has 0 aliphatic rings. The Kier molecular flexibility index (Phi) is 3.01. The zero-order valence-corrected chi connectivity index (χ0v) is 12.3. The molecule has 3 rings (SSSR count). The standard InChI is InChI=1S/C17H16N2O2/c1-9-4-6-12(7-5-9)15(20)16-14(18)13-10(2)8-11(3)19-17(13)21-16/h4-8H,18H2,1-3H3/p+1. The van der Waals surface area contributed by atoms with Crippen molar-refractivity contribution in [2.75, 3.05) is 5.73 Å². The molecule has 0 unspecified atom stereocenters. The molecule has 0 aliphatic heterocycles. The largest absolute Gasteiger partial charge is 0.398 e. The molecule has 0 amide bonds. The molecule has 0 spiro atoms. The van der Waals surface area contributed by atoms with Crippen LogP contribution in [-0.2, 0) is 0 Å². The van der Waals surface area contributed by atoms with Crippen molar-refractivity contribution in [2.24, 2.45) is 0 Å². The number of aryl methyl sites for hydroxylation is 3. The summed E-state index contributed by atoms with van der Waals surface area (Å²) in [6, 6.07) is 9.34. The number of nitrogen functional groups attached to an aromatic ring is 1. The molecule has 1 aromatic carbocycles. The first kappa shape index (κ1) is 13.4. The van der Waals surface area contributed by atoms with Gasteiger partial charge in [0.05, 0.1) is 5.69 Å². The van der Waals surface area contributed by atoms with Crippen LogP contribution in [0.4, 0.5) is 5.69 Å². The van der Waals surface area contributed by atoms with E-state index >= 15 is 0 Å².